The number of morpholine rings is 1. The van der Waals surface area contributed by atoms with E-state index in [-0.39, 0.29) is 17.0 Å². The number of carbonyl (C=O) groups is 3. The first kappa shape index (κ1) is 21.5. The Morgan fingerprint density at radius 1 is 1.12 bits per heavy atom. The van der Waals surface area contributed by atoms with Gasteiger partial charge in [0.1, 0.15) is 5.82 Å². The summed E-state index contributed by atoms with van der Waals surface area (Å²) in [6, 6.07) is 10.2. The summed E-state index contributed by atoms with van der Waals surface area (Å²) in [5.74, 6) is -1.91. The van der Waals surface area contributed by atoms with Crippen molar-refractivity contribution in [3.05, 3.63) is 76.7 Å². The average molecular weight is 439 g/mol. The molecule has 2 aromatic rings. The molecule has 4 rings (SSSR count). The molecule has 2 aliphatic heterocycles. The molecular weight excluding hydrogens is 417 g/mol. The number of benzene rings is 2. The fourth-order valence-electron chi connectivity index (χ4n) is 3.98. The Balaban J connectivity index is 1.83. The van der Waals surface area contributed by atoms with Crippen LogP contribution < -0.4 is 10.2 Å². The van der Waals surface area contributed by atoms with E-state index in [2.05, 4.69) is 5.32 Å². The second-order valence-corrected chi connectivity index (χ2v) is 7.53. The van der Waals surface area contributed by atoms with Crippen molar-refractivity contribution in [2.75, 3.05) is 31.2 Å². The van der Waals surface area contributed by atoms with Crippen molar-refractivity contribution >= 4 is 23.6 Å². The minimum absolute atomic E-state index is 0.0106. The van der Waals surface area contributed by atoms with Crippen LogP contribution in [-0.4, -0.2) is 54.2 Å². The van der Waals surface area contributed by atoms with E-state index in [0.717, 1.165) is 0 Å². The number of aromatic carboxylic acids is 1. The van der Waals surface area contributed by atoms with Crippen LogP contribution in [0.25, 0.3) is 0 Å². The van der Waals surface area contributed by atoms with E-state index in [1.54, 1.807) is 24.0 Å². The number of anilines is 1. The third kappa shape index (κ3) is 4.06. The SMILES string of the molecule is CC1=C(C(=O)N2CCOCC2)[C@H](c2cccc(F)c2)NC(=O)N1c1cccc(C(=O)O)c1. The van der Waals surface area contributed by atoms with E-state index in [9.17, 15) is 23.9 Å². The Hall–Kier alpha value is -3.72. The predicted molar refractivity (Wildman–Crippen MR) is 114 cm³/mol. The summed E-state index contributed by atoms with van der Waals surface area (Å²) in [5.41, 5.74) is 1.40. The fourth-order valence-corrected chi connectivity index (χ4v) is 3.98. The Labute approximate surface area is 183 Å². The minimum atomic E-state index is -1.13. The van der Waals surface area contributed by atoms with Crippen molar-refractivity contribution in [2.45, 2.75) is 13.0 Å². The molecule has 1 saturated heterocycles. The molecule has 8 nitrogen and oxygen atoms in total. The molecule has 0 unspecified atom stereocenters. The molecule has 3 amide bonds. The maximum atomic E-state index is 14.0. The summed E-state index contributed by atoms with van der Waals surface area (Å²) >= 11 is 0. The van der Waals surface area contributed by atoms with Crippen LogP contribution in [0, 0.1) is 5.82 Å². The lowest BCUT2D eigenvalue weighted by atomic mass is 9.93. The number of hydrogen-bond acceptors (Lipinski definition) is 4. The molecule has 0 aliphatic carbocycles. The summed E-state index contributed by atoms with van der Waals surface area (Å²) in [5, 5.41) is 12.1. The van der Waals surface area contributed by atoms with E-state index in [1.165, 1.54) is 41.3 Å². The smallest absolute Gasteiger partial charge is 0.335 e. The van der Waals surface area contributed by atoms with Gasteiger partial charge in [-0.2, -0.15) is 0 Å². The van der Waals surface area contributed by atoms with Gasteiger partial charge in [0.15, 0.2) is 0 Å². The van der Waals surface area contributed by atoms with Crippen molar-refractivity contribution < 1.29 is 28.6 Å². The maximum Gasteiger partial charge on any atom is 0.335 e. The zero-order chi connectivity index (χ0) is 22.8. The third-order valence-corrected chi connectivity index (χ3v) is 5.55. The molecule has 32 heavy (non-hydrogen) atoms. The van der Waals surface area contributed by atoms with Gasteiger partial charge in [0.25, 0.3) is 5.91 Å². The van der Waals surface area contributed by atoms with Crippen LogP contribution in [-0.2, 0) is 9.53 Å². The van der Waals surface area contributed by atoms with Crippen molar-refractivity contribution in [2.24, 2.45) is 0 Å². The number of carbonyl (C=O) groups excluding carboxylic acids is 2. The van der Waals surface area contributed by atoms with Crippen LogP contribution in [0.5, 0.6) is 0 Å². The Bertz CT molecular complexity index is 1110. The van der Waals surface area contributed by atoms with Gasteiger partial charge < -0.3 is 20.1 Å². The number of hydrogen-bond donors (Lipinski definition) is 2. The van der Waals surface area contributed by atoms with Crippen molar-refractivity contribution in [1.29, 1.82) is 0 Å². The topological polar surface area (TPSA) is 99.2 Å². The Morgan fingerprint density at radius 2 is 1.84 bits per heavy atom. The van der Waals surface area contributed by atoms with E-state index in [4.69, 9.17) is 4.74 Å². The molecule has 2 heterocycles. The summed E-state index contributed by atoms with van der Waals surface area (Å²) in [6.07, 6.45) is 0. The molecule has 2 N–H and O–H groups in total. The second kappa shape index (κ2) is 8.80. The summed E-state index contributed by atoms with van der Waals surface area (Å²) < 4.78 is 19.3. The van der Waals surface area contributed by atoms with Gasteiger partial charge in [0.2, 0.25) is 0 Å². The highest BCUT2D eigenvalue weighted by atomic mass is 19.1. The van der Waals surface area contributed by atoms with Crippen molar-refractivity contribution in [1.82, 2.24) is 10.2 Å². The Morgan fingerprint density at radius 3 is 2.53 bits per heavy atom. The van der Waals surface area contributed by atoms with Gasteiger partial charge in [-0.1, -0.05) is 18.2 Å². The standard InChI is InChI=1S/C23H22FN3O5/c1-14-19(21(28)26-8-10-32-11-9-26)20(15-4-2-6-17(24)12-15)25-23(31)27(14)18-7-3-5-16(13-18)22(29)30/h2-7,12-13,20H,8-11H2,1H3,(H,25,31)(H,29,30)/t20-/m0/s1. The highest BCUT2D eigenvalue weighted by Crippen LogP contribution is 2.35. The number of nitrogens with one attached hydrogen (secondary N) is 1. The highest BCUT2D eigenvalue weighted by Gasteiger charge is 2.38. The number of carboxylic acids is 1. The van der Waals surface area contributed by atoms with Gasteiger partial charge in [-0.05, 0) is 42.8 Å². The predicted octanol–water partition coefficient (Wildman–Crippen LogP) is 2.93. The molecule has 166 valence electrons. The molecule has 0 radical (unpaired) electrons. The molecule has 0 spiro atoms. The first-order chi connectivity index (χ1) is 15.4. The quantitative estimate of drug-likeness (QED) is 0.763. The fraction of sp³-hybridized carbons (Fsp3) is 0.261. The van der Waals surface area contributed by atoms with Gasteiger partial charge in [0.05, 0.1) is 36.1 Å². The average Bonchev–Trinajstić information content (AvgIpc) is 2.79. The third-order valence-electron chi connectivity index (χ3n) is 5.55. The largest absolute Gasteiger partial charge is 0.478 e. The molecule has 1 atom stereocenters. The number of carboxylic acid groups (broad SMARTS) is 1. The number of ether oxygens (including phenoxy) is 1. The van der Waals surface area contributed by atoms with Crippen LogP contribution >= 0.6 is 0 Å². The monoisotopic (exact) mass is 439 g/mol. The van der Waals surface area contributed by atoms with Crippen LogP contribution in [0.2, 0.25) is 0 Å². The normalized spacial score (nSPS) is 19.1. The van der Waals surface area contributed by atoms with E-state index < -0.39 is 23.9 Å². The summed E-state index contributed by atoms with van der Waals surface area (Å²) in [7, 11) is 0. The molecule has 1 fully saturated rings. The van der Waals surface area contributed by atoms with Crippen LogP contribution in [0.3, 0.4) is 0 Å². The van der Waals surface area contributed by atoms with Crippen molar-refractivity contribution in [3.63, 3.8) is 0 Å². The van der Waals surface area contributed by atoms with Crippen LogP contribution in [0.15, 0.2) is 59.8 Å². The van der Waals surface area contributed by atoms with E-state index >= 15 is 0 Å². The van der Waals surface area contributed by atoms with E-state index in [1.807, 2.05) is 0 Å². The molecular formula is C23H22FN3O5. The molecule has 0 bridgehead atoms. The number of allylic oxidation sites excluding steroid dienone is 1. The maximum absolute atomic E-state index is 14.0. The van der Waals surface area contributed by atoms with Gasteiger partial charge >= 0.3 is 12.0 Å². The number of rotatable bonds is 4. The molecule has 0 saturated carbocycles. The number of nitrogens with zero attached hydrogens (tertiary/aromatic N) is 2. The summed E-state index contributed by atoms with van der Waals surface area (Å²) in [4.78, 5) is 40.9. The van der Waals surface area contributed by atoms with Gasteiger partial charge in [-0.3, -0.25) is 9.69 Å². The van der Waals surface area contributed by atoms with Crippen LogP contribution in [0.1, 0.15) is 28.9 Å². The zero-order valence-corrected chi connectivity index (χ0v) is 17.4. The summed E-state index contributed by atoms with van der Waals surface area (Å²) in [6.45, 7) is 3.23. The molecule has 9 heteroatoms. The van der Waals surface area contributed by atoms with Gasteiger partial charge in [-0.15, -0.1) is 0 Å². The highest BCUT2D eigenvalue weighted by molar-refractivity contribution is 6.05. The zero-order valence-electron chi connectivity index (χ0n) is 17.4. The lowest BCUT2D eigenvalue weighted by Crippen LogP contribution is -2.51. The first-order valence-electron chi connectivity index (χ1n) is 10.1. The minimum Gasteiger partial charge on any atom is -0.478 e. The molecule has 2 aromatic carbocycles. The Kier molecular flexibility index (Phi) is 5.91. The lowest BCUT2D eigenvalue weighted by Gasteiger charge is -2.38. The first-order valence-corrected chi connectivity index (χ1v) is 10.1. The van der Waals surface area contributed by atoms with Crippen LogP contribution in [0.4, 0.5) is 14.9 Å². The molecule has 2 aliphatic rings. The number of halogens is 1. The van der Waals surface area contributed by atoms with E-state index in [0.29, 0.717) is 43.3 Å². The molecule has 0 aromatic heterocycles. The van der Waals surface area contributed by atoms with Gasteiger partial charge in [0, 0.05) is 18.8 Å². The number of urea groups is 1. The van der Waals surface area contributed by atoms with Gasteiger partial charge in [-0.25, -0.2) is 14.0 Å². The van der Waals surface area contributed by atoms with Crippen molar-refractivity contribution in [3.8, 4) is 0 Å². The lowest BCUT2D eigenvalue weighted by molar-refractivity contribution is -0.131. The number of amides is 3. The second-order valence-electron chi connectivity index (χ2n) is 7.53.